The van der Waals surface area contributed by atoms with Gasteiger partial charge in [-0.2, -0.15) is 0 Å². The molecule has 2 aromatic rings. The van der Waals surface area contributed by atoms with Crippen LogP contribution in [-0.4, -0.2) is 26.5 Å². The van der Waals surface area contributed by atoms with E-state index in [1.54, 1.807) is 7.11 Å². The zero-order valence-electron chi connectivity index (χ0n) is 12.5. The molecule has 0 radical (unpaired) electrons. The van der Waals surface area contributed by atoms with Gasteiger partial charge in [0.2, 0.25) is 0 Å². The van der Waals surface area contributed by atoms with Gasteiger partial charge in [0, 0.05) is 25.2 Å². The standard InChI is InChI=1S/C17H21N3O/c1-20(11-10-13-6-4-3-5-7-13)16-12-14(21-2)8-9-15(16)17(18)19/h3-9,12H,10-11H2,1-2H3,(H3,18,19). The highest BCUT2D eigenvalue weighted by Gasteiger charge is 2.11. The van der Waals surface area contributed by atoms with Crippen molar-refractivity contribution in [1.82, 2.24) is 0 Å². The Morgan fingerprint density at radius 1 is 1.19 bits per heavy atom. The Kier molecular flexibility index (Phi) is 4.82. The predicted molar refractivity (Wildman–Crippen MR) is 87.4 cm³/mol. The van der Waals surface area contributed by atoms with E-state index in [0.717, 1.165) is 30.0 Å². The highest BCUT2D eigenvalue weighted by molar-refractivity contribution is 6.00. The van der Waals surface area contributed by atoms with E-state index in [-0.39, 0.29) is 5.84 Å². The third-order valence-electron chi connectivity index (χ3n) is 3.49. The first-order chi connectivity index (χ1) is 10.1. The minimum atomic E-state index is 0.0687. The van der Waals surface area contributed by atoms with Gasteiger partial charge in [-0.15, -0.1) is 0 Å². The third-order valence-corrected chi connectivity index (χ3v) is 3.49. The number of ether oxygens (including phenoxy) is 1. The van der Waals surface area contributed by atoms with Gasteiger partial charge in [-0.05, 0) is 24.1 Å². The van der Waals surface area contributed by atoms with E-state index < -0.39 is 0 Å². The Labute approximate surface area is 125 Å². The molecule has 4 heteroatoms. The van der Waals surface area contributed by atoms with Crippen LogP contribution in [-0.2, 0) is 6.42 Å². The summed E-state index contributed by atoms with van der Waals surface area (Å²) in [6, 6.07) is 15.9. The molecule has 0 aliphatic heterocycles. The maximum Gasteiger partial charge on any atom is 0.124 e. The maximum absolute atomic E-state index is 7.70. The van der Waals surface area contributed by atoms with E-state index in [2.05, 4.69) is 17.0 Å². The smallest absolute Gasteiger partial charge is 0.124 e. The quantitative estimate of drug-likeness (QED) is 0.633. The van der Waals surface area contributed by atoms with Crippen LogP contribution in [0.3, 0.4) is 0 Å². The lowest BCUT2D eigenvalue weighted by Crippen LogP contribution is -2.24. The van der Waals surface area contributed by atoms with Crippen molar-refractivity contribution in [1.29, 1.82) is 5.41 Å². The van der Waals surface area contributed by atoms with Crippen LogP contribution < -0.4 is 15.4 Å². The molecule has 0 saturated carbocycles. The molecule has 3 N–H and O–H groups in total. The molecular formula is C17H21N3O. The number of rotatable bonds is 6. The van der Waals surface area contributed by atoms with E-state index in [4.69, 9.17) is 15.9 Å². The summed E-state index contributed by atoms with van der Waals surface area (Å²) in [6.07, 6.45) is 0.936. The first-order valence-corrected chi connectivity index (χ1v) is 6.89. The number of nitrogens with two attached hydrogens (primary N) is 1. The number of hydrogen-bond acceptors (Lipinski definition) is 3. The monoisotopic (exact) mass is 283 g/mol. The maximum atomic E-state index is 7.70. The summed E-state index contributed by atoms with van der Waals surface area (Å²) in [7, 11) is 3.64. The Morgan fingerprint density at radius 3 is 2.52 bits per heavy atom. The number of methoxy groups -OCH3 is 1. The van der Waals surface area contributed by atoms with Gasteiger partial charge in [0.1, 0.15) is 11.6 Å². The lowest BCUT2D eigenvalue weighted by atomic mass is 10.1. The van der Waals surface area contributed by atoms with Crippen molar-refractivity contribution in [2.75, 3.05) is 25.6 Å². The number of anilines is 1. The minimum absolute atomic E-state index is 0.0687. The highest BCUT2D eigenvalue weighted by Crippen LogP contribution is 2.25. The highest BCUT2D eigenvalue weighted by atomic mass is 16.5. The fraction of sp³-hybridized carbons (Fsp3) is 0.235. The van der Waals surface area contributed by atoms with Crippen LogP contribution in [0.2, 0.25) is 0 Å². The molecule has 2 aromatic carbocycles. The molecule has 0 fully saturated rings. The number of amidine groups is 1. The van der Waals surface area contributed by atoms with Gasteiger partial charge in [0.25, 0.3) is 0 Å². The number of hydrogen-bond donors (Lipinski definition) is 2. The lowest BCUT2D eigenvalue weighted by molar-refractivity contribution is 0.415. The molecule has 0 bridgehead atoms. The molecule has 21 heavy (non-hydrogen) atoms. The summed E-state index contributed by atoms with van der Waals surface area (Å²) in [5, 5.41) is 7.70. The molecule has 0 aliphatic rings. The predicted octanol–water partition coefficient (Wildman–Crippen LogP) is 2.66. The molecule has 0 spiro atoms. The van der Waals surface area contributed by atoms with E-state index in [9.17, 15) is 0 Å². The van der Waals surface area contributed by atoms with Crippen molar-refractivity contribution in [2.24, 2.45) is 5.73 Å². The number of benzene rings is 2. The zero-order valence-corrected chi connectivity index (χ0v) is 12.5. The number of nitrogen functional groups attached to an aromatic ring is 1. The second-order valence-corrected chi connectivity index (χ2v) is 4.95. The molecule has 110 valence electrons. The van der Waals surface area contributed by atoms with Crippen LogP contribution in [0.4, 0.5) is 5.69 Å². The van der Waals surface area contributed by atoms with Gasteiger partial charge in [0.15, 0.2) is 0 Å². The summed E-state index contributed by atoms with van der Waals surface area (Å²) in [5.41, 5.74) is 8.60. The first kappa shape index (κ1) is 14.9. The van der Waals surface area contributed by atoms with Gasteiger partial charge < -0.3 is 15.4 Å². The largest absolute Gasteiger partial charge is 0.497 e. The fourth-order valence-electron chi connectivity index (χ4n) is 2.24. The van der Waals surface area contributed by atoms with Gasteiger partial charge in [0.05, 0.1) is 12.8 Å². The molecule has 0 unspecified atom stereocenters. The fourth-order valence-corrected chi connectivity index (χ4v) is 2.24. The number of likely N-dealkylation sites (N-methyl/N-ethyl adjacent to an activating group) is 1. The van der Waals surface area contributed by atoms with Gasteiger partial charge >= 0.3 is 0 Å². The zero-order chi connectivity index (χ0) is 15.2. The topological polar surface area (TPSA) is 62.3 Å². The average Bonchev–Trinajstić information content (AvgIpc) is 2.52. The van der Waals surface area contributed by atoms with E-state index in [1.165, 1.54) is 5.56 Å². The second-order valence-electron chi connectivity index (χ2n) is 4.95. The first-order valence-electron chi connectivity index (χ1n) is 6.89. The minimum Gasteiger partial charge on any atom is -0.497 e. The Bertz CT molecular complexity index is 611. The molecule has 0 saturated heterocycles. The summed E-state index contributed by atoms with van der Waals surface area (Å²) in [6.45, 7) is 0.845. The second kappa shape index (κ2) is 6.79. The van der Waals surface area contributed by atoms with Crippen molar-refractivity contribution >= 4 is 11.5 Å². The molecule has 0 amide bonds. The van der Waals surface area contributed by atoms with Crippen molar-refractivity contribution in [3.8, 4) is 5.75 Å². The van der Waals surface area contributed by atoms with Crippen molar-refractivity contribution in [2.45, 2.75) is 6.42 Å². The molecular weight excluding hydrogens is 262 g/mol. The summed E-state index contributed by atoms with van der Waals surface area (Å²) >= 11 is 0. The van der Waals surface area contributed by atoms with Crippen LogP contribution in [0.1, 0.15) is 11.1 Å². The molecule has 4 nitrogen and oxygen atoms in total. The third kappa shape index (κ3) is 3.75. The van der Waals surface area contributed by atoms with Gasteiger partial charge in [-0.3, -0.25) is 5.41 Å². The van der Waals surface area contributed by atoms with Crippen LogP contribution in [0, 0.1) is 5.41 Å². The number of nitrogens with one attached hydrogen (secondary N) is 1. The average molecular weight is 283 g/mol. The molecule has 2 rings (SSSR count). The molecule has 0 atom stereocenters. The Hall–Kier alpha value is -2.49. The molecule has 0 aliphatic carbocycles. The van der Waals surface area contributed by atoms with Gasteiger partial charge in [-0.1, -0.05) is 30.3 Å². The SMILES string of the molecule is COc1ccc(C(=N)N)c(N(C)CCc2ccccc2)c1. The van der Waals surface area contributed by atoms with E-state index >= 15 is 0 Å². The Balaban J connectivity index is 2.17. The number of nitrogens with zero attached hydrogens (tertiary/aromatic N) is 1. The summed E-state index contributed by atoms with van der Waals surface area (Å²) in [5.74, 6) is 0.834. The van der Waals surface area contributed by atoms with Crippen LogP contribution in [0.5, 0.6) is 5.75 Å². The van der Waals surface area contributed by atoms with Gasteiger partial charge in [-0.25, -0.2) is 0 Å². The van der Waals surface area contributed by atoms with Crippen molar-refractivity contribution < 1.29 is 4.74 Å². The summed E-state index contributed by atoms with van der Waals surface area (Å²) in [4.78, 5) is 2.10. The van der Waals surface area contributed by atoms with Crippen molar-refractivity contribution in [3.05, 3.63) is 59.7 Å². The van der Waals surface area contributed by atoms with Crippen LogP contribution in [0.15, 0.2) is 48.5 Å². The molecule has 0 heterocycles. The van der Waals surface area contributed by atoms with E-state index in [1.807, 2.05) is 43.4 Å². The Morgan fingerprint density at radius 2 is 1.90 bits per heavy atom. The lowest BCUT2D eigenvalue weighted by Gasteiger charge is -2.23. The van der Waals surface area contributed by atoms with E-state index in [0.29, 0.717) is 0 Å². The normalized spacial score (nSPS) is 10.2. The van der Waals surface area contributed by atoms with Crippen LogP contribution in [0.25, 0.3) is 0 Å². The molecule has 0 aromatic heterocycles. The summed E-state index contributed by atoms with van der Waals surface area (Å²) < 4.78 is 5.26. The van der Waals surface area contributed by atoms with Crippen molar-refractivity contribution in [3.63, 3.8) is 0 Å². The van der Waals surface area contributed by atoms with Crippen LogP contribution >= 0.6 is 0 Å².